The minimum absolute atomic E-state index is 0.188. The SMILES string of the molecule is O=C(N/N=C/c1ccc(O)cc1)c1ccc(CNc2ccccc2)cc1. The highest BCUT2D eigenvalue weighted by Gasteiger charge is 2.04. The van der Waals surface area contributed by atoms with Gasteiger partial charge < -0.3 is 10.4 Å². The first kappa shape index (κ1) is 17.2. The number of hydrazone groups is 1. The Balaban J connectivity index is 1.52. The second-order valence-electron chi connectivity index (χ2n) is 5.71. The lowest BCUT2D eigenvalue weighted by Gasteiger charge is -2.07. The predicted octanol–water partition coefficient (Wildman–Crippen LogP) is 3.77. The molecule has 0 fully saturated rings. The number of benzene rings is 3. The van der Waals surface area contributed by atoms with Gasteiger partial charge in [-0.1, -0.05) is 30.3 Å². The molecular formula is C21H19N3O2. The van der Waals surface area contributed by atoms with Crippen molar-refractivity contribution in [3.63, 3.8) is 0 Å². The van der Waals surface area contributed by atoms with E-state index in [1.165, 1.54) is 6.21 Å². The summed E-state index contributed by atoms with van der Waals surface area (Å²) in [6.45, 7) is 0.685. The van der Waals surface area contributed by atoms with E-state index in [1.54, 1.807) is 36.4 Å². The van der Waals surface area contributed by atoms with E-state index in [-0.39, 0.29) is 11.7 Å². The van der Waals surface area contributed by atoms with E-state index in [1.807, 2.05) is 42.5 Å². The lowest BCUT2D eigenvalue weighted by atomic mass is 10.1. The van der Waals surface area contributed by atoms with Gasteiger partial charge in [0, 0.05) is 17.8 Å². The zero-order valence-electron chi connectivity index (χ0n) is 14.1. The van der Waals surface area contributed by atoms with Crippen LogP contribution in [0.15, 0.2) is 84.0 Å². The number of hydrogen-bond acceptors (Lipinski definition) is 4. The van der Waals surface area contributed by atoms with E-state index in [9.17, 15) is 9.90 Å². The van der Waals surface area contributed by atoms with Gasteiger partial charge in [0.25, 0.3) is 5.91 Å². The van der Waals surface area contributed by atoms with Gasteiger partial charge in [0.1, 0.15) is 5.75 Å². The largest absolute Gasteiger partial charge is 0.508 e. The van der Waals surface area contributed by atoms with Gasteiger partial charge >= 0.3 is 0 Å². The van der Waals surface area contributed by atoms with Crippen LogP contribution in [0.1, 0.15) is 21.5 Å². The molecule has 0 unspecified atom stereocenters. The molecular weight excluding hydrogens is 326 g/mol. The summed E-state index contributed by atoms with van der Waals surface area (Å²) in [5.74, 6) is -0.0874. The Morgan fingerprint density at radius 1 is 0.923 bits per heavy atom. The van der Waals surface area contributed by atoms with Crippen molar-refractivity contribution in [1.82, 2.24) is 5.43 Å². The van der Waals surface area contributed by atoms with Gasteiger partial charge in [-0.05, 0) is 59.7 Å². The number of hydrogen-bond donors (Lipinski definition) is 3. The van der Waals surface area contributed by atoms with Crippen molar-refractivity contribution in [2.45, 2.75) is 6.54 Å². The lowest BCUT2D eigenvalue weighted by molar-refractivity contribution is 0.0955. The number of phenolic OH excluding ortho intramolecular Hbond substituents is 1. The normalized spacial score (nSPS) is 10.6. The van der Waals surface area contributed by atoms with Crippen molar-refractivity contribution in [2.24, 2.45) is 5.10 Å². The van der Waals surface area contributed by atoms with Crippen molar-refractivity contribution in [1.29, 1.82) is 0 Å². The number of amides is 1. The van der Waals surface area contributed by atoms with Crippen LogP contribution in [0.4, 0.5) is 5.69 Å². The van der Waals surface area contributed by atoms with Crippen LogP contribution in [0.5, 0.6) is 5.75 Å². The molecule has 0 atom stereocenters. The van der Waals surface area contributed by atoms with Crippen LogP contribution in [0, 0.1) is 0 Å². The molecule has 5 nitrogen and oxygen atoms in total. The van der Waals surface area contributed by atoms with E-state index in [2.05, 4.69) is 15.8 Å². The molecule has 0 spiro atoms. The van der Waals surface area contributed by atoms with E-state index in [4.69, 9.17) is 0 Å². The number of carbonyl (C=O) groups excluding carboxylic acids is 1. The summed E-state index contributed by atoms with van der Waals surface area (Å²) >= 11 is 0. The minimum Gasteiger partial charge on any atom is -0.508 e. The first-order chi connectivity index (χ1) is 12.7. The van der Waals surface area contributed by atoms with Crippen molar-refractivity contribution in [3.05, 3.63) is 95.6 Å². The number of phenols is 1. The quantitative estimate of drug-likeness (QED) is 0.470. The Hall–Kier alpha value is -3.60. The van der Waals surface area contributed by atoms with Gasteiger partial charge in [-0.2, -0.15) is 5.10 Å². The highest BCUT2D eigenvalue weighted by Crippen LogP contribution is 2.10. The van der Waals surface area contributed by atoms with Crippen molar-refractivity contribution >= 4 is 17.8 Å². The molecule has 0 bridgehead atoms. The summed E-state index contributed by atoms with van der Waals surface area (Å²) in [7, 11) is 0. The number of anilines is 1. The molecule has 130 valence electrons. The van der Waals surface area contributed by atoms with Crippen molar-refractivity contribution in [2.75, 3.05) is 5.32 Å². The smallest absolute Gasteiger partial charge is 0.271 e. The number of para-hydroxylation sites is 1. The van der Waals surface area contributed by atoms with Crippen LogP contribution in [-0.4, -0.2) is 17.2 Å². The molecule has 3 aromatic carbocycles. The lowest BCUT2D eigenvalue weighted by Crippen LogP contribution is -2.17. The zero-order valence-corrected chi connectivity index (χ0v) is 14.1. The van der Waals surface area contributed by atoms with Crippen molar-refractivity contribution < 1.29 is 9.90 Å². The van der Waals surface area contributed by atoms with Crippen LogP contribution in [-0.2, 0) is 6.54 Å². The first-order valence-corrected chi connectivity index (χ1v) is 8.21. The minimum atomic E-state index is -0.275. The van der Waals surface area contributed by atoms with Crippen LogP contribution in [0.2, 0.25) is 0 Å². The second kappa shape index (κ2) is 8.48. The van der Waals surface area contributed by atoms with E-state index in [0.29, 0.717) is 12.1 Å². The molecule has 3 N–H and O–H groups in total. The highest BCUT2D eigenvalue weighted by molar-refractivity contribution is 5.94. The highest BCUT2D eigenvalue weighted by atomic mass is 16.3. The third kappa shape index (κ3) is 4.95. The predicted molar refractivity (Wildman–Crippen MR) is 103 cm³/mol. The fourth-order valence-corrected chi connectivity index (χ4v) is 2.32. The molecule has 5 heteroatoms. The van der Waals surface area contributed by atoms with Gasteiger partial charge in [0.05, 0.1) is 6.21 Å². The van der Waals surface area contributed by atoms with Gasteiger partial charge in [-0.15, -0.1) is 0 Å². The molecule has 26 heavy (non-hydrogen) atoms. The van der Waals surface area contributed by atoms with Crippen LogP contribution in [0.25, 0.3) is 0 Å². The summed E-state index contributed by atoms with van der Waals surface area (Å²) in [4.78, 5) is 12.1. The van der Waals surface area contributed by atoms with E-state index in [0.717, 1.165) is 16.8 Å². The number of nitrogens with zero attached hydrogens (tertiary/aromatic N) is 1. The Bertz CT molecular complexity index is 873. The maximum atomic E-state index is 12.1. The summed E-state index contributed by atoms with van der Waals surface area (Å²) in [5, 5.41) is 16.5. The van der Waals surface area contributed by atoms with E-state index >= 15 is 0 Å². The molecule has 0 aromatic heterocycles. The maximum absolute atomic E-state index is 12.1. The van der Waals surface area contributed by atoms with Gasteiger partial charge in [0.15, 0.2) is 0 Å². The third-order valence-corrected chi connectivity index (χ3v) is 3.76. The van der Waals surface area contributed by atoms with Gasteiger partial charge in [-0.25, -0.2) is 5.43 Å². The topological polar surface area (TPSA) is 73.7 Å². The molecule has 0 aliphatic carbocycles. The number of carbonyl (C=O) groups is 1. The number of nitrogens with one attached hydrogen (secondary N) is 2. The maximum Gasteiger partial charge on any atom is 0.271 e. The Morgan fingerprint density at radius 2 is 1.62 bits per heavy atom. The van der Waals surface area contributed by atoms with Crippen LogP contribution in [0.3, 0.4) is 0 Å². The van der Waals surface area contributed by atoms with E-state index < -0.39 is 0 Å². The number of rotatable bonds is 6. The Morgan fingerprint density at radius 3 is 2.31 bits per heavy atom. The Kier molecular flexibility index (Phi) is 5.62. The van der Waals surface area contributed by atoms with Crippen molar-refractivity contribution in [3.8, 4) is 5.75 Å². The molecule has 0 saturated carbocycles. The molecule has 0 saturated heterocycles. The summed E-state index contributed by atoms with van der Waals surface area (Å²) in [5.41, 5.74) is 5.95. The fraction of sp³-hybridized carbons (Fsp3) is 0.0476. The Labute approximate surface area is 152 Å². The van der Waals surface area contributed by atoms with Crippen LogP contribution < -0.4 is 10.7 Å². The molecule has 0 aliphatic rings. The average molecular weight is 345 g/mol. The fourth-order valence-electron chi connectivity index (χ4n) is 2.32. The zero-order chi connectivity index (χ0) is 18.2. The molecule has 0 heterocycles. The van der Waals surface area contributed by atoms with Gasteiger partial charge in [0.2, 0.25) is 0 Å². The average Bonchev–Trinajstić information content (AvgIpc) is 2.69. The second-order valence-corrected chi connectivity index (χ2v) is 5.71. The molecule has 1 amide bonds. The standard InChI is InChI=1S/C21H19N3O2/c25-20-12-8-17(9-13-20)15-23-24-21(26)18-10-6-16(7-11-18)14-22-19-4-2-1-3-5-19/h1-13,15,22,25H,14H2,(H,24,26)/b23-15+. The summed E-state index contributed by atoms with van der Waals surface area (Å²) in [6.07, 6.45) is 1.52. The molecule has 3 rings (SSSR count). The van der Waals surface area contributed by atoms with Crippen LogP contribution >= 0.6 is 0 Å². The molecule has 3 aromatic rings. The number of aromatic hydroxyl groups is 1. The van der Waals surface area contributed by atoms with Gasteiger partial charge in [-0.3, -0.25) is 4.79 Å². The molecule has 0 radical (unpaired) electrons. The third-order valence-electron chi connectivity index (χ3n) is 3.76. The molecule has 0 aliphatic heterocycles. The summed E-state index contributed by atoms with van der Waals surface area (Å²) < 4.78 is 0. The summed E-state index contributed by atoms with van der Waals surface area (Å²) in [6, 6.07) is 23.9. The monoisotopic (exact) mass is 345 g/mol. The first-order valence-electron chi connectivity index (χ1n) is 8.21.